The van der Waals surface area contributed by atoms with E-state index >= 15 is 0 Å². The van der Waals surface area contributed by atoms with Crippen molar-refractivity contribution in [2.75, 3.05) is 11.5 Å². The first kappa shape index (κ1) is 16.7. The Balaban J connectivity index is 1.93. The van der Waals surface area contributed by atoms with Crippen LogP contribution in [0.3, 0.4) is 0 Å². The lowest BCUT2D eigenvalue weighted by molar-refractivity contribution is 0.0680. The molecular formula is C19H21NO3S. The largest absolute Gasteiger partial charge is 0.330 e. The van der Waals surface area contributed by atoms with Gasteiger partial charge in [-0.05, 0) is 30.5 Å². The molecule has 1 aliphatic heterocycles. The van der Waals surface area contributed by atoms with Crippen molar-refractivity contribution in [3.8, 4) is 0 Å². The summed E-state index contributed by atoms with van der Waals surface area (Å²) in [4.78, 5) is 14.8. The van der Waals surface area contributed by atoms with Crippen molar-refractivity contribution in [3.63, 3.8) is 0 Å². The Morgan fingerprint density at radius 2 is 1.75 bits per heavy atom. The molecule has 0 bridgehead atoms. The summed E-state index contributed by atoms with van der Waals surface area (Å²) in [6.45, 7) is 2.33. The third kappa shape index (κ3) is 3.67. The molecule has 126 valence electrons. The Kier molecular flexibility index (Phi) is 4.71. The second kappa shape index (κ2) is 6.77. The van der Waals surface area contributed by atoms with E-state index in [1.807, 2.05) is 55.5 Å². The number of sulfone groups is 1. The van der Waals surface area contributed by atoms with Crippen LogP contribution in [0, 0.1) is 6.92 Å². The molecule has 24 heavy (non-hydrogen) atoms. The van der Waals surface area contributed by atoms with Crippen molar-refractivity contribution in [3.05, 3.63) is 71.3 Å². The van der Waals surface area contributed by atoms with Crippen LogP contribution in [0.1, 0.15) is 27.9 Å². The number of aryl methyl sites for hydroxylation is 1. The maximum absolute atomic E-state index is 13.1. The fraction of sp³-hybridized carbons (Fsp3) is 0.316. The van der Waals surface area contributed by atoms with Gasteiger partial charge in [-0.25, -0.2) is 8.42 Å². The summed E-state index contributed by atoms with van der Waals surface area (Å²) in [7, 11) is -3.05. The minimum absolute atomic E-state index is 0.0530. The van der Waals surface area contributed by atoms with Crippen molar-refractivity contribution >= 4 is 15.7 Å². The summed E-state index contributed by atoms with van der Waals surface area (Å²) in [5, 5.41) is 0. The second-order valence-electron chi connectivity index (χ2n) is 6.29. The lowest BCUT2D eigenvalue weighted by Gasteiger charge is -2.29. The lowest BCUT2D eigenvalue weighted by Crippen LogP contribution is -2.40. The van der Waals surface area contributed by atoms with Crippen molar-refractivity contribution in [1.29, 1.82) is 0 Å². The van der Waals surface area contributed by atoms with Gasteiger partial charge in [0.15, 0.2) is 9.84 Å². The van der Waals surface area contributed by atoms with Crippen LogP contribution in [-0.2, 0) is 16.4 Å². The van der Waals surface area contributed by atoms with Crippen LogP contribution in [0.5, 0.6) is 0 Å². The second-order valence-corrected chi connectivity index (χ2v) is 8.52. The van der Waals surface area contributed by atoms with Gasteiger partial charge in [0.25, 0.3) is 5.91 Å². The van der Waals surface area contributed by atoms with Crippen molar-refractivity contribution in [1.82, 2.24) is 4.90 Å². The molecule has 1 heterocycles. The van der Waals surface area contributed by atoms with Crippen LogP contribution in [0.15, 0.2) is 54.6 Å². The third-order valence-corrected chi connectivity index (χ3v) is 6.23. The number of amides is 1. The molecular weight excluding hydrogens is 322 g/mol. The fourth-order valence-electron chi connectivity index (χ4n) is 3.14. The number of nitrogens with zero attached hydrogens (tertiary/aromatic N) is 1. The molecule has 1 atom stereocenters. The summed E-state index contributed by atoms with van der Waals surface area (Å²) < 4.78 is 23.8. The molecule has 0 aromatic heterocycles. The van der Waals surface area contributed by atoms with Gasteiger partial charge in [0, 0.05) is 18.2 Å². The van der Waals surface area contributed by atoms with Crippen LogP contribution < -0.4 is 0 Å². The van der Waals surface area contributed by atoms with Crippen molar-refractivity contribution in [2.24, 2.45) is 0 Å². The van der Waals surface area contributed by atoms with Crippen molar-refractivity contribution < 1.29 is 13.2 Å². The Hall–Kier alpha value is -2.14. The number of benzene rings is 2. The van der Waals surface area contributed by atoms with E-state index in [1.165, 1.54) is 0 Å². The first-order valence-electron chi connectivity index (χ1n) is 8.07. The Morgan fingerprint density at radius 1 is 1.08 bits per heavy atom. The van der Waals surface area contributed by atoms with Gasteiger partial charge in [-0.3, -0.25) is 4.79 Å². The molecule has 2 aromatic rings. The minimum Gasteiger partial charge on any atom is -0.330 e. The molecule has 3 rings (SSSR count). The predicted molar refractivity (Wildman–Crippen MR) is 94.6 cm³/mol. The molecule has 0 radical (unpaired) electrons. The number of rotatable bonds is 4. The van der Waals surface area contributed by atoms with Gasteiger partial charge >= 0.3 is 0 Å². The van der Waals surface area contributed by atoms with Crippen LogP contribution >= 0.6 is 0 Å². The van der Waals surface area contributed by atoms with Crippen LogP contribution in [0.25, 0.3) is 0 Å². The zero-order valence-corrected chi connectivity index (χ0v) is 14.5. The smallest absolute Gasteiger partial charge is 0.254 e. The summed E-state index contributed by atoms with van der Waals surface area (Å²) in [5.74, 6) is 0.112. The molecule has 0 aliphatic carbocycles. The van der Waals surface area contributed by atoms with E-state index in [9.17, 15) is 13.2 Å². The third-order valence-electron chi connectivity index (χ3n) is 4.48. The van der Waals surface area contributed by atoms with E-state index in [1.54, 1.807) is 11.0 Å². The number of hydrogen-bond acceptors (Lipinski definition) is 3. The van der Waals surface area contributed by atoms with Gasteiger partial charge in [-0.15, -0.1) is 0 Å². The maximum atomic E-state index is 13.1. The van der Waals surface area contributed by atoms with Gasteiger partial charge in [0.1, 0.15) is 0 Å². The SMILES string of the molecule is Cc1ccccc1C(=O)N(Cc1ccccc1)[C@@H]1CCS(=O)(=O)C1. The molecule has 0 N–H and O–H groups in total. The Bertz CT molecular complexity index is 831. The lowest BCUT2D eigenvalue weighted by atomic mass is 10.1. The van der Waals surface area contributed by atoms with Gasteiger partial charge in [-0.1, -0.05) is 48.5 Å². The van der Waals surface area contributed by atoms with Crippen molar-refractivity contribution in [2.45, 2.75) is 25.9 Å². The normalized spacial score (nSPS) is 19.1. The minimum atomic E-state index is -3.05. The molecule has 4 nitrogen and oxygen atoms in total. The highest BCUT2D eigenvalue weighted by atomic mass is 32.2. The average molecular weight is 343 g/mol. The predicted octanol–water partition coefficient (Wildman–Crippen LogP) is 2.82. The van der Waals surface area contributed by atoms with E-state index in [-0.39, 0.29) is 23.5 Å². The zero-order chi connectivity index (χ0) is 17.2. The maximum Gasteiger partial charge on any atom is 0.254 e. The highest BCUT2D eigenvalue weighted by Crippen LogP contribution is 2.23. The molecule has 2 aromatic carbocycles. The van der Waals surface area contributed by atoms with Gasteiger partial charge in [0.05, 0.1) is 11.5 Å². The fourth-order valence-corrected chi connectivity index (χ4v) is 4.87. The Labute approximate surface area is 143 Å². The summed E-state index contributed by atoms with van der Waals surface area (Å²) in [6.07, 6.45) is 0.507. The highest BCUT2D eigenvalue weighted by molar-refractivity contribution is 7.91. The van der Waals surface area contributed by atoms with E-state index < -0.39 is 9.84 Å². The van der Waals surface area contributed by atoms with E-state index in [0.717, 1.165) is 11.1 Å². The summed E-state index contributed by atoms with van der Waals surface area (Å²) in [5.41, 5.74) is 2.54. The monoisotopic (exact) mass is 343 g/mol. The molecule has 1 fully saturated rings. The quantitative estimate of drug-likeness (QED) is 0.858. The number of hydrogen-bond donors (Lipinski definition) is 0. The van der Waals surface area contributed by atoms with E-state index in [0.29, 0.717) is 18.5 Å². The standard InChI is InChI=1S/C19H21NO3S/c1-15-7-5-6-10-18(15)19(21)20(13-16-8-3-2-4-9-16)17-11-12-24(22,23)14-17/h2-10,17H,11-14H2,1H3/t17-/m1/s1. The first-order valence-corrected chi connectivity index (χ1v) is 9.89. The summed E-state index contributed by atoms with van der Waals surface area (Å²) >= 11 is 0. The average Bonchev–Trinajstić information content (AvgIpc) is 2.93. The number of carbonyl (C=O) groups is 1. The van der Waals surface area contributed by atoms with Gasteiger partial charge in [-0.2, -0.15) is 0 Å². The van der Waals surface area contributed by atoms with Gasteiger partial charge in [0.2, 0.25) is 0 Å². The van der Waals surface area contributed by atoms with Gasteiger partial charge < -0.3 is 4.90 Å². The summed E-state index contributed by atoms with van der Waals surface area (Å²) in [6, 6.07) is 16.9. The van der Waals surface area contributed by atoms with Crippen LogP contribution in [0.4, 0.5) is 0 Å². The molecule has 0 unspecified atom stereocenters. The number of carbonyl (C=O) groups excluding carboxylic acids is 1. The zero-order valence-electron chi connectivity index (χ0n) is 13.7. The Morgan fingerprint density at radius 3 is 2.38 bits per heavy atom. The topological polar surface area (TPSA) is 54.5 Å². The first-order chi connectivity index (χ1) is 11.5. The molecule has 0 saturated carbocycles. The van der Waals surface area contributed by atoms with E-state index in [2.05, 4.69) is 0 Å². The molecule has 1 aliphatic rings. The molecule has 1 saturated heterocycles. The van der Waals surface area contributed by atoms with Crippen LogP contribution in [-0.4, -0.2) is 36.8 Å². The van der Waals surface area contributed by atoms with Crippen LogP contribution in [0.2, 0.25) is 0 Å². The molecule has 5 heteroatoms. The highest BCUT2D eigenvalue weighted by Gasteiger charge is 2.35. The van der Waals surface area contributed by atoms with E-state index in [4.69, 9.17) is 0 Å². The molecule has 1 amide bonds. The molecule has 0 spiro atoms.